The molecule has 0 radical (unpaired) electrons. The zero-order valence-corrected chi connectivity index (χ0v) is 12.5. The van der Waals surface area contributed by atoms with E-state index in [1.165, 1.54) is 6.92 Å². The second kappa shape index (κ2) is 6.53. The average Bonchev–Trinajstić information content (AvgIpc) is 2.57. The Morgan fingerprint density at radius 3 is 2.74 bits per heavy atom. The van der Waals surface area contributed by atoms with Gasteiger partial charge in [-0.15, -0.1) is 0 Å². The van der Waals surface area contributed by atoms with Gasteiger partial charge >= 0.3 is 0 Å². The fraction of sp³-hybridized carbons (Fsp3) is 0.467. The summed E-state index contributed by atoms with van der Waals surface area (Å²) >= 11 is 0. The van der Waals surface area contributed by atoms with Gasteiger partial charge < -0.3 is 29.8 Å². The number of fused-ring (bicyclic) bond motifs is 1. The number of hydrogen-bond donors (Lipinski definition) is 3. The highest BCUT2D eigenvalue weighted by Crippen LogP contribution is 2.32. The topological polar surface area (TPSA) is 110 Å². The molecule has 0 saturated carbocycles. The van der Waals surface area contributed by atoms with E-state index < -0.39 is 30.6 Å². The van der Waals surface area contributed by atoms with E-state index in [1.54, 1.807) is 0 Å². The molecule has 0 aromatic heterocycles. The zero-order valence-electron chi connectivity index (χ0n) is 12.5. The molecule has 3 N–H and O–H groups in total. The van der Waals surface area contributed by atoms with Crippen molar-refractivity contribution in [2.45, 2.75) is 37.6 Å². The van der Waals surface area contributed by atoms with Crippen molar-refractivity contribution in [3.8, 4) is 0 Å². The number of nitrogens with one attached hydrogen (secondary N) is 1. The highest BCUT2D eigenvalue weighted by atomic mass is 16.7. The van der Waals surface area contributed by atoms with Gasteiger partial charge in [0.1, 0.15) is 18.2 Å². The van der Waals surface area contributed by atoms with Crippen molar-refractivity contribution in [2.75, 3.05) is 6.61 Å². The first kappa shape index (κ1) is 15.7. The smallest absolute Gasteiger partial charge is 0.251 e. The third-order valence-corrected chi connectivity index (χ3v) is 3.80. The van der Waals surface area contributed by atoms with Gasteiger partial charge in [0.2, 0.25) is 5.91 Å². The summed E-state index contributed by atoms with van der Waals surface area (Å²) in [6.07, 6.45) is -3.11. The van der Waals surface area contributed by atoms with Crippen LogP contribution in [0.5, 0.6) is 0 Å². The normalized spacial score (nSPS) is 35.2. The van der Waals surface area contributed by atoms with Crippen LogP contribution in [0.15, 0.2) is 35.5 Å². The molecular weight excluding hydrogens is 304 g/mol. The van der Waals surface area contributed by atoms with Gasteiger partial charge in [-0.3, -0.25) is 4.79 Å². The van der Waals surface area contributed by atoms with Crippen molar-refractivity contribution >= 4 is 11.8 Å². The number of aliphatic hydroxyl groups excluding tert-OH is 1. The molecule has 2 heterocycles. The Hall–Kier alpha value is -2.16. The second-order valence-electron chi connectivity index (χ2n) is 5.44. The van der Waals surface area contributed by atoms with Crippen LogP contribution in [0.25, 0.3) is 0 Å². The molecule has 0 bridgehead atoms. The molecule has 2 saturated heterocycles. The Bertz CT molecular complexity index is 593. The Morgan fingerprint density at radius 2 is 2.09 bits per heavy atom. The molecule has 2 aliphatic rings. The standard InChI is InChI=1S/C15H18N2O6/c1-8(18)16-11-12(19)13-10(22-14(11)17-20)7-21-15(23-13)9-5-3-2-4-6-9/h2-6,10-13,15,19-20H,7H2,1H3,(H,16,18)/b17-14-/t10?,11?,12?,13-,15?/m1/s1. The SMILES string of the molecule is CC(=O)NC1/C(=N/O)OC2COC(c3ccccc3)O[C@H]2C1O. The van der Waals surface area contributed by atoms with Gasteiger partial charge in [-0.1, -0.05) is 35.5 Å². The van der Waals surface area contributed by atoms with Crippen LogP contribution in [-0.4, -0.2) is 53.1 Å². The van der Waals surface area contributed by atoms with Gasteiger partial charge in [-0.2, -0.15) is 0 Å². The summed E-state index contributed by atoms with van der Waals surface area (Å²) in [6, 6.07) is 8.33. The van der Waals surface area contributed by atoms with Crippen molar-refractivity contribution in [1.29, 1.82) is 0 Å². The number of aliphatic hydroxyl groups is 1. The summed E-state index contributed by atoms with van der Waals surface area (Å²) in [7, 11) is 0. The molecule has 0 spiro atoms. The number of oxime groups is 1. The van der Waals surface area contributed by atoms with E-state index in [-0.39, 0.29) is 18.4 Å². The quantitative estimate of drug-likeness (QED) is 0.528. The predicted octanol–water partition coefficient (Wildman–Crippen LogP) is 0.153. The Kier molecular flexibility index (Phi) is 4.46. The molecule has 1 aromatic rings. The lowest BCUT2D eigenvalue weighted by molar-refractivity contribution is -0.281. The first-order valence-corrected chi connectivity index (χ1v) is 7.26. The molecule has 8 nitrogen and oxygen atoms in total. The molecule has 124 valence electrons. The van der Waals surface area contributed by atoms with E-state index in [9.17, 15) is 9.90 Å². The summed E-state index contributed by atoms with van der Waals surface area (Å²) < 4.78 is 16.9. The van der Waals surface area contributed by atoms with E-state index in [4.69, 9.17) is 19.4 Å². The minimum atomic E-state index is -1.13. The van der Waals surface area contributed by atoms with Crippen molar-refractivity contribution in [2.24, 2.45) is 5.16 Å². The van der Waals surface area contributed by atoms with Crippen LogP contribution in [0.4, 0.5) is 0 Å². The van der Waals surface area contributed by atoms with Crippen LogP contribution in [-0.2, 0) is 19.0 Å². The maximum absolute atomic E-state index is 11.3. The van der Waals surface area contributed by atoms with Gasteiger partial charge in [0, 0.05) is 12.5 Å². The fourth-order valence-electron chi connectivity index (χ4n) is 2.75. The van der Waals surface area contributed by atoms with Crippen molar-refractivity contribution in [3.63, 3.8) is 0 Å². The molecule has 4 unspecified atom stereocenters. The lowest BCUT2D eigenvalue weighted by Crippen LogP contribution is -2.64. The van der Waals surface area contributed by atoms with Crippen LogP contribution in [0.1, 0.15) is 18.8 Å². The van der Waals surface area contributed by atoms with Crippen molar-refractivity contribution in [1.82, 2.24) is 5.32 Å². The Labute approximate surface area is 132 Å². The number of rotatable bonds is 2. The minimum Gasteiger partial charge on any atom is -0.468 e. The van der Waals surface area contributed by atoms with Crippen LogP contribution < -0.4 is 5.32 Å². The van der Waals surface area contributed by atoms with Gasteiger partial charge in [0.15, 0.2) is 12.4 Å². The highest BCUT2D eigenvalue weighted by molar-refractivity contribution is 5.88. The molecule has 0 aliphatic carbocycles. The summed E-state index contributed by atoms with van der Waals surface area (Å²) in [5, 5.41) is 25.0. The first-order valence-electron chi connectivity index (χ1n) is 7.26. The number of carbonyl (C=O) groups excluding carboxylic acids is 1. The lowest BCUT2D eigenvalue weighted by atomic mass is 9.96. The minimum absolute atomic E-state index is 0.160. The van der Waals surface area contributed by atoms with Crippen molar-refractivity contribution in [3.05, 3.63) is 35.9 Å². The van der Waals surface area contributed by atoms with Gasteiger partial charge in [0.25, 0.3) is 5.90 Å². The van der Waals surface area contributed by atoms with E-state index >= 15 is 0 Å². The summed E-state index contributed by atoms with van der Waals surface area (Å²) in [5.41, 5.74) is 0.816. The molecule has 5 atom stereocenters. The molecule has 3 rings (SSSR count). The fourth-order valence-corrected chi connectivity index (χ4v) is 2.75. The van der Waals surface area contributed by atoms with Gasteiger partial charge in [-0.05, 0) is 0 Å². The summed E-state index contributed by atoms with van der Waals surface area (Å²) in [4.78, 5) is 11.3. The molecule has 8 heteroatoms. The molecular formula is C15H18N2O6. The average molecular weight is 322 g/mol. The number of hydrogen-bond acceptors (Lipinski definition) is 7. The highest BCUT2D eigenvalue weighted by Gasteiger charge is 2.49. The van der Waals surface area contributed by atoms with Crippen LogP contribution in [0.3, 0.4) is 0 Å². The lowest BCUT2D eigenvalue weighted by Gasteiger charge is -2.44. The van der Waals surface area contributed by atoms with Gasteiger partial charge in [-0.25, -0.2) is 0 Å². The zero-order chi connectivity index (χ0) is 16.4. The number of carbonyl (C=O) groups is 1. The monoisotopic (exact) mass is 322 g/mol. The number of nitrogens with zero attached hydrogens (tertiary/aromatic N) is 1. The summed E-state index contributed by atoms with van der Waals surface area (Å²) in [5.74, 6) is -0.553. The maximum atomic E-state index is 11.3. The Morgan fingerprint density at radius 1 is 1.35 bits per heavy atom. The van der Waals surface area contributed by atoms with Crippen LogP contribution in [0.2, 0.25) is 0 Å². The van der Waals surface area contributed by atoms with Crippen molar-refractivity contribution < 1.29 is 29.3 Å². The largest absolute Gasteiger partial charge is 0.468 e. The number of ether oxygens (including phenoxy) is 3. The molecule has 23 heavy (non-hydrogen) atoms. The van der Waals surface area contributed by atoms with E-state index in [1.807, 2.05) is 30.3 Å². The van der Waals surface area contributed by atoms with E-state index in [0.717, 1.165) is 5.56 Å². The molecule has 2 aliphatic heterocycles. The third-order valence-electron chi connectivity index (χ3n) is 3.80. The molecule has 2 fully saturated rings. The van der Waals surface area contributed by atoms with E-state index in [2.05, 4.69) is 10.5 Å². The molecule has 1 aromatic carbocycles. The number of benzene rings is 1. The predicted molar refractivity (Wildman–Crippen MR) is 77.7 cm³/mol. The van der Waals surface area contributed by atoms with E-state index in [0.29, 0.717) is 0 Å². The first-order chi connectivity index (χ1) is 11.1. The maximum Gasteiger partial charge on any atom is 0.251 e. The molecule has 1 amide bonds. The summed E-state index contributed by atoms with van der Waals surface area (Å²) in [6.45, 7) is 1.46. The third kappa shape index (κ3) is 3.14. The van der Waals surface area contributed by atoms with Crippen LogP contribution >= 0.6 is 0 Å². The van der Waals surface area contributed by atoms with Crippen LogP contribution in [0, 0.1) is 0 Å². The Balaban J connectivity index is 1.79. The number of amides is 1. The second-order valence-corrected chi connectivity index (χ2v) is 5.44. The van der Waals surface area contributed by atoms with Gasteiger partial charge in [0.05, 0.1) is 6.61 Å².